The first kappa shape index (κ1) is 39.2. The van der Waals surface area contributed by atoms with Crippen LogP contribution >= 0.6 is 0 Å². The van der Waals surface area contributed by atoms with Crippen LogP contribution in [0.3, 0.4) is 0 Å². The predicted molar refractivity (Wildman–Crippen MR) is 263 cm³/mol. The molecule has 7 aromatic carbocycles. The predicted octanol–water partition coefficient (Wildman–Crippen LogP) is 17.4. The molecule has 7 aromatic rings. The van der Waals surface area contributed by atoms with Crippen molar-refractivity contribution >= 4 is 17.1 Å². The van der Waals surface area contributed by atoms with Gasteiger partial charge in [0.05, 0.1) is 0 Å². The molecule has 62 heavy (non-hydrogen) atoms. The maximum absolute atomic E-state index is 2.58. The Morgan fingerprint density at radius 2 is 0.968 bits per heavy atom. The number of nitrogens with zero attached hydrogens (tertiary/aromatic N) is 1. The Bertz CT molecular complexity index is 2720. The average Bonchev–Trinajstić information content (AvgIpc) is 3.57. The quantitative estimate of drug-likeness (QED) is 0.148. The molecule has 0 aliphatic heterocycles. The molecular weight excluding hydrogens is 747 g/mol. The van der Waals surface area contributed by atoms with Crippen LogP contribution in [0.15, 0.2) is 152 Å². The third-order valence-corrected chi connectivity index (χ3v) is 15.5. The first-order valence-corrected chi connectivity index (χ1v) is 24.1. The van der Waals surface area contributed by atoms with Gasteiger partial charge in [0.1, 0.15) is 0 Å². The van der Waals surface area contributed by atoms with Crippen LogP contribution < -0.4 is 4.90 Å². The summed E-state index contributed by atoms with van der Waals surface area (Å²) in [6.45, 7) is 4.80. The maximum atomic E-state index is 2.58. The third kappa shape index (κ3) is 7.22. The van der Waals surface area contributed by atoms with Crippen LogP contribution in [0, 0.1) is 0 Å². The maximum Gasteiger partial charge on any atom is 0.0496 e. The molecule has 4 aliphatic rings. The van der Waals surface area contributed by atoms with Crippen LogP contribution in [-0.4, -0.2) is 0 Å². The van der Waals surface area contributed by atoms with E-state index in [2.05, 4.69) is 170 Å². The van der Waals surface area contributed by atoms with Crippen molar-refractivity contribution in [2.45, 2.75) is 121 Å². The number of hydrogen-bond acceptors (Lipinski definition) is 1. The molecule has 0 unspecified atom stereocenters. The Labute approximate surface area is 370 Å². The molecule has 310 valence electrons. The Morgan fingerprint density at radius 3 is 1.71 bits per heavy atom. The fraction of sp³-hybridized carbons (Fsp3) is 0.311. The van der Waals surface area contributed by atoms with Gasteiger partial charge in [0.25, 0.3) is 0 Å². The van der Waals surface area contributed by atoms with Gasteiger partial charge in [-0.1, -0.05) is 168 Å². The van der Waals surface area contributed by atoms with E-state index in [4.69, 9.17) is 0 Å². The number of rotatable bonds is 8. The van der Waals surface area contributed by atoms with Crippen LogP contribution in [0.25, 0.3) is 44.5 Å². The van der Waals surface area contributed by atoms with Crippen molar-refractivity contribution in [1.29, 1.82) is 0 Å². The number of fused-ring (bicyclic) bond motifs is 4. The van der Waals surface area contributed by atoms with Gasteiger partial charge in [0.15, 0.2) is 0 Å². The monoisotopic (exact) mass is 807 g/mol. The van der Waals surface area contributed by atoms with Gasteiger partial charge in [-0.05, 0) is 177 Å². The van der Waals surface area contributed by atoms with E-state index in [1.807, 2.05) is 0 Å². The largest absolute Gasteiger partial charge is 0.310 e. The zero-order chi connectivity index (χ0) is 41.6. The third-order valence-electron chi connectivity index (χ3n) is 15.5. The van der Waals surface area contributed by atoms with Crippen molar-refractivity contribution in [2.24, 2.45) is 0 Å². The van der Waals surface area contributed by atoms with E-state index in [1.54, 1.807) is 0 Å². The molecule has 1 heteroatoms. The lowest BCUT2D eigenvalue weighted by Crippen LogP contribution is -2.18. The first-order chi connectivity index (χ1) is 30.5. The normalized spacial score (nSPS) is 17.3. The van der Waals surface area contributed by atoms with E-state index in [0.29, 0.717) is 5.92 Å². The standard InChI is InChI=1S/C61H61N/c1-61(2)58-26-12-11-24-55(58)56-36-35-52(41-59(56)61)62(51-33-31-46(32-34-51)48-20-13-19-47(39-48)43-17-7-4-8-18-43)60-38-37-53(54-23-9-10-25-57(54)60)50-22-14-21-49(40-50)45-29-27-44(28-30-45)42-15-5-3-6-16-42/h11-14,19-22,24,26-43H,3-10,15-18,23,25H2,1-2H3. The van der Waals surface area contributed by atoms with Crippen molar-refractivity contribution in [3.05, 3.63) is 185 Å². The Morgan fingerprint density at radius 1 is 0.387 bits per heavy atom. The minimum Gasteiger partial charge on any atom is -0.310 e. The molecule has 0 heterocycles. The van der Waals surface area contributed by atoms with Crippen molar-refractivity contribution in [3.8, 4) is 44.5 Å². The van der Waals surface area contributed by atoms with E-state index >= 15 is 0 Å². The van der Waals surface area contributed by atoms with Gasteiger partial charge in [-0.3, -0.25) is 0 Å². The SMILES string of the molecule is CC1(C)c2ccccc2-c2ccc(N(c3ccc(-c4cccc(C5CCCCC5)c4)cc3)c3ccc(-c4cccc(-c5ccc(C6CCCCC6)cc5)c4)c4c3CCCC4)cc21. The summed E-state index contributed by atoms with van der Waals surface area (Å²) in [5.74, 6) is 1.43. The molecule has 1 nitrogen and oxygen atoms in total. The second-order valence-electron chi connectivity index (χ2n) is 19.6. The van der Waals surface area contributed by atoms with Crippen molar-refractivity contribution in [1.82, 2.24) is 0 Å². The molecule has 4 aliphatic carbocycles. The van der Waals surface area contributed by atoms with Gasteiger partial charge >= 0.3 is 0 Å². The summed E-state index contributed by atoms with van der Waals surface area (Å²) in [7, 11) is 0. The highest BCUT2D eigenvalue weighted by Gasteiger charge is 2.36. The lowest BCUT2D eigenvalue weighted by atomic mass is 9.82. The van der Waals surface area contributed by atoms with Gasteiger partial charge in [-0.15, -0.1) is 0 Å². The van der Waals surface area contributed by atoms with E-state index in [0.717, 1.165) is 18.8 Å². The smallest absolute Gasteiger partial charge is 0.0496 e. The minimum absolute atomic E-state index is 0.0781. The highest BCUT2D eigenvalue weighted by Crippen LogP contribution is 2.52. The molecule has 0 saturated heterocycles. The van der Waals surface area contributed by atoms with Crippen LogP contribution in [0.2, 0.25) is 0 Å². The van der Waals surface area contributed by atoms with Crippen molar-refractivity contribution < 1.29 is 0 Å². The summed E-state index contributed by atoms with van der Waals surface area (Å²) in [4.78, 5) is 2.58. The Hall–Kier alpha value is -5.66. The Balaban J connectivity index is 0.989. The molecule has 0 N–H and O–H groups in total. The van der Waals surface area contributed by atoms with E-state index < -0.39 is 0 Å². The number of hydrogen-bond donors (Lipinski definition) is 0. The van der Waals surface area contributed by atoms with Crippen molar-refractivity contribution in [2.75, 3.05) is 4.90 Å². The average molecular weight is 808 g/mol. The summed E-state index contributed by atoms with van der Waals surface area (Å²) in [6.07, 6.45) is 18.2. The zero-order valence-electron chi connectivity index (χ0n) is 36.9. The number of anilines is 3. The lowest BCUT2D eigenvalue weighted by Gasteiger charge is -2.32. The summed E-state index contributed by atoms with van der Waals surface area (Å²) < 4.78 is 0. The van der Waals surface area contributed by atoms with Crippen LogP contribution in [0.1, 0.15) is 136 Å². The minimum atomic E-state index is -0.0781. The molecular formula is C61H61N. The molecule has 0 aromatic heterocycles. The molecule has 0 atom stereocenters. The molecule has 0 radical (unpaired) electrons. The topological polar surface area (TPSA) is 3.24 Å². The number of benzene rings is 7. The molecule has 0 spiro atoms. The zero-order valence-corrected chi connectivity index (χ0v) is 36.9. The van der Waals surface area contributed by atoms with Crippen LogP contribution in [0.4, 0.5) is 17.1 Å². The van der Waals surface area contributed by atoms with Gasteiger partial charge in [-0.25, -0.2) is 0 Å². The molecule has 0 amide bonds. The summed E-state index contributed by atoms with van der Waals surface area (Å²) in [6, 6.07) is 59.0. The van der Waals surface area contributed by atoms with Gasteiger partial charge in [0.2, 0.25) is 0 Å². The van der Waals surface area contributed by atoms with E-state index in [-0.39, 0.29) is 5.41 Å². The molecule has 2 fully saturated rings. The van der Waals surface area contributed by atoms with Gasteiger partial charge in [-0.2, -0.15) is 0 Å². The molecule has 0 bridgehead atoms. The Kier molecular flexibility index (Phi) is 10.5. The summed E-state index contributed by atoms with van der Waals surface area (Å²) in [5, 5.41) is 0. The fourth-order valence-corrected chi connectivity index (χ4v) is 12.0. The van der Waals surface area contributed by atoms with E-state index in [1.165, 1.54) is 172 Å². The fourth-order valence-electron chi connectivity index (χ4n) is 12.0. The van der Waals surface area contributed by atoms with Gasteiger partial charge in [0, 0.05) is 22.5 Å². The highest BCUT2D eigenvalue weighted by molar-refractivity contribution is 5.88. The van der Waals surface area contributed by atoms with Crippen molar-refractivity contribution in [3.63, 3.8) is 0 Å². The van der Waals surface area contributed by atoms with Crippen LogP contribution in [-0.2, 0) is 18.3 Å². The lowest BCUT2D eigenvalue weighted by molar-refractivity contribution is 0.443. The van der Waals surface area contributed by atoms with Crippen LogP contribution in [0.5, 0.6) is 0 Å². The second-order valence-corrected chi connectivity index (χ2v) is 19.6. The molecule has 11 rings (SSSR count). The van der Waals surface area contributed by atoms with E-state index in [9.17, 15) is 0 Å². The molecule has 2 saturated carbocycles. The summed E-state index contributed by atoms with van der Waals surface area (Å²) in [5.41, 5.74) is 23.3. The van der Waals surface area contributed by atoms with Gasteiger partial charge < -0.3 is 4.90 Å². The summed E-state index contributed by atoms with van der Waals surface area (Å²) >= 11 is 0. The second kappa shape index (κ2) is 16.6. The first-order valence-electron chi connectivity index (χ1n) is 24.1. The highest BCUT2D eigenvalue weighted by atomic mass is 15.1.